The van der Waals surface area contributed by atoms with Crippen molar-refractivity contribution in [3.8, 4) is 0 Å². The van der Waals surface area contributed by atoms with Gasteiger partial charge in [0.2, 0.25) is 4.96 Å². The summed E-state index contributed by atoms with van der Waals surface area (Å²) < 4.78 is 2.04. The van der Waals surface area contributed by atoms with Crippen molar-refractivity contribution in [3.63, 3.8) is 0 Å². The summed E-state index contributed by atoms with van der Waals surface area (Å²) >= 11 is 1.78. The lowest BCUT2D eigenvalue weighted by atomic mass is 9.83. The van der Waals surface area contributed by atoms with Gasteiger partial charge in [0, 0.05) is 23.9 Å². The van der Waals surface area contributed by atoms with E-state index in [1.807, 2.05) is 11.4 Å². The Morgan fingerprint density at radius 3 is 2.88 bits per heavy atom. The normalized spacial score (nSPS) is 20.8. The van der Waals surface area contributed by atoms with E-state index in [0.29, 0.717) is 6.04 Å². The molecule has 17 heavy (non-hydrogen) atoms. The Labute approximate surface area is 105 Å². The van der Waals surface area contributed by atoms with Gasteiger partial charge in [0.25, 0.3) is 0 Å². The minimum atomic E-state index is 0.229. The van der Waals surface area contributed by atoms with Gasteiger partial charge in [-0.2, -0.15) is 5.10 Å². The molecule has 1 atom stereocenters. The number of thiazole rings is 1. The van der Waals surface area contributed by atoms with E-state index >= 15 is 0 Å². The van der Waals surface area contributed by atoms with E-state index < -0.39 is 0 Å². The number of aryl methyl sites for hydroxylation is 1. The summed E-state index contributed by atoms with van der Waals surface area (Å²) in [6, 6.07) is 0.417. The number of aromatic nitrogens is 3. The van der Waals surface area contributed by atoms with Crippen LogP contribution in [-0.4, -0.2) is 21.1 Å². The summed E-state index contributed by atoms with van der Waals surface area (Å²) in [5, 5.41) is 8.11. The lowest BCUT2D eigenvalue weighted by molar-refractivity contribution is 0.266. The molecule has 4 nitrogen and oxygen atoms in total. The van der Waals surface area contributed by atoms with E-state index in [0.717, 1.165) is 23.8 Å². The van der Waals surface area contributed by atoms with Gasteiger partial charge in [-0.25, -0.2) is 9.50 Å². The highest BCUT2D eigenvalue weighted by Crippen LogP contribution is 2.40. The van der Waals surface area contributed by atoms with Crippen LogP contribution in [-0.2, 0) is 6.42 Å². The van der Waals surface area contributed by atoms with Crippen molar-refractivity contribution in [2.45, 2.75) is 40.2 Å². The summed E-state index contributed by atoms with van der Waals surface area (Å²) in [6.45, 7) is 9.82. The number of hydrogen-bond donors (Lipinski definition) is 1. The third-order valence-electron chi connectivity index (χ3n) is 3.26. The first kappa shape index (κ1) is 11.2. The molecule has 1 N–H and O–H groups in total. The van der Waals surface area contributed by atoms with Gasteiger partial charge in [-0.1, -0.05) is 32.1 Å². The molecule has 0 aliphatic carbocycles. The average Bonchev–Trinajstić information content (AvgIpc) is 2.71. The van der Waals surface area contributed by atoms with Crippen molar-refractivity contribution in [1.29, 1.82) is 0 Å². The Morgan fingerprint density at radius 1 is 1.41 bits per heavy atom. The van der Waals surface area contributed by atoms with E-state index in [9.17, 15) is 0 Å². The largest absolute Gasteiger partial charge is 0.308 e. The topological polar surface area (TPSA) is 42.2 Å². The molecule has 0 bridgehead atoms. The summed E-state index contributed by atoms with van der Waals surface area (Å²) in [4.78, 5) is 6.93. The SMILES string of the molecule is Cc1nc2sc3c(n2n1)CCNC3C(C)(C)C. The van der Waals surface area contributed by atoms with Gasteiger partial charge in [0.1, 0.15) is 5.82 Å². The fraction of sp³-hybridized carbons (Fsp3) is 0.667. The van der Waals surface area contributed by atoms with Crippen molar-refractivity contribution in [2.75, 3.05) is 6.54 Å². The molecule has 1 aliphatic heterocycles. The van der Waals surface area contributed by atoms with Crippen LogP contribution in [0, 0.1) is 12.3 Å². The van der Waals surface area contributed by atoms with Crippen LogP contribution in [0.4, 0.5) is 0 Å². The minimum absolute atomic E-state index is 0.229. The zero-order valence-corrected chi connectivity index (χ0v) is 11.6. The Hall–Kier alpha value is -0.940. The van der Waals surface area contributed by atoms with E-state index in [1.54, 1.807) is 11.3 Å². The van der Waals surface area contributed by atoms with Gasteiger partial charge < -0.3 is 5.32 Å². The van der Waals surface area contributed by atoms with Crippen LogP contribution in [0.15, 0.2) is 0 Å². The molecule has 3 heterocycles. The fourth-order valence-corrected chi connectivity index (χ4v) is 3.95. The molecule has 3 rings (SSSR count). The van der Waals surface area contributed by atoms with Crippen LogP contribution >= 0.6 is 11.3 Å². The first-order chi connectivity index (χ1) is 7.97. The maximum Gasteiger partial charge on any atom is 0.212 e. The van der Waals surface area contributed by atoms with Gasteiger partial charge in [-0.15, -0.1) is 0 Å². The van der Waals surface area contributed by atoms with Crippen LogP contribution in [0.25, 0.3) is 4.96 Å². The molecule has 0 saturated carbocycles. The van der Waals surface area contributed by atoms with E-state index in [2.05, 4.69) is 36.2 Å². The molecule has 2 aromatic heterocycles. The van der Waals surface area contributed by atoms with Crippen molar-refractivity contribution < 1.29 is 0 Å². The molecule has 0 radical (unpaired) electrons. The molecule has 2 aromatic rings. The lowest BCUT2D eigenvalue weighted by Crippen LogP contribution is -2.37. The zero-order chi connectivity index (χ0) is 12.2. The second-order valence-electron chi connectivity index (χ2n) is 5.77. The number of hydrogen-bond acceptors (Lipinski definition) is 4. The number of nitrogens with one attached hydrogen (secondary N) is 1. The zero-order valence-electron chi connectivity index (χ0n) is 10.7. The average molecular weight is 250 g/mol. The standard InChI is InChI=1S/C12H18N4S/c1-7-14-11-16(15-7)8-5-6-13-10(9(8)17-11)12(2,3)4/h10,13H,5-6H2,1-4H3. The minimum Gasteiger partial charge on any atom is -0.308 e. The van der Waals surface area contributed by atoms with Crippen LogP contribution < -0.4 is 5.32 Å². The van der Waals surface area contributed by atoms with Gasteiger partial charge in [-0.3, -0.25) is 0 Å². The third-order valence-corrected chi connectivity index (χ3v) is 4.40. The highest BCUT2D eigenvalue weighted by molar-refractivity contribution is 7.17. The molecule has 5 heteroatoms. The lowest BCUT2D eigenvalue weighted by Gasteiger charge is -2.34. The number of fused-ring (bicyclic) bond motifs is 3. The van der Waals surface area contributed by atoms with Crippen molar-refractivity contribution in [2.24, 2.45) is 5.41 Å². The molecular formula is C12H18N4S. The van der Waals surface area contributed by atoms with Gasteiger partial charge in [-0.05, 0) is 12.3 Å². The van der Waals surface area contributed by atoms with Crippen molar-refractivity contribution in [3.05, 3.63) is 16.4 Å². The smallest absolute Gasteiger partial charge is 0.212 e. The summed E-state index contributed by atoms with van der Waals surface area (Å²) in [7, 11) is 0. The second-order valence-corrected chi connectivity index (χ2v) is 6.78. The van der Waals surface area contributed by atoms with Crippen molar-refractivity contribution in [1.82, 2.24) is 19.9 Å². The highest BCUT2D eigenvalue weighted by atomic mass is 32.1. The van der Waals surface area contributed by atoms with Gasteiger partial charge in [0.15, 0.2) is 0 Å². The number of rotatable bonds is 0. The summed E-state index contributed by atoms with van der Waals surface area (Å²) in [5.41, 5.74) is 1.58. The molecule has 1 unspecified atom stereocenters. The molecule has 0 amide bonds. The number of nitrogens with zero attached hydrogens (tertiary/aromatic N) is 3. The van der Waals surface area contributed by atoms with Gasteiger partial charge >= 0.3 is 0 Å². The maximum absolute atomic E-state index is 4.49. The van der Waals surface area contributed by atoms with E-state index in [4.69, 9.17) is 0 Å². The van der Waals surface area contributed by atoms with E-state index in [-0.39, 0.29) is 5.41 Å². The Balaban J connectivity index is 2.18. The van der Waals surface area contributed by atoms with Crippen LogP contribution in [0.1, 0.15) is 43.2 Å². The Kier molecular flexibility index (Phi) is 2.32. The Bertz CT molecular complexity index is 561. The first-order valence-corrected chi connectivity index (χ1v) is 6.87. The molecule has 0 saturated heterocycles. The molecule has 0 spiro atoms. The van der Waals surface area contributed by atoms with Crippen LogP contribution in [0.3, 0.4) is 0 Å². The van der Waals surface area contributed by atoms with Gasteiger partial charge in [0.05, 0.1) is 5.69 Å². The summed E-state index contributed by atoms with van der Waals surface area (Å²) in [6.07, 6.45) is 1.05. The first-order valence-electron chi connectivity index (χ1n) is 6.05. The molecule has 0 aromatic carbocycles. The van der Waals surface area contributed by atoms with Crippen molar-refractivity contribution >= 4 is 16.3 Å². The Morgan fingerprint density at radius 2 is 2.18 bits per heavy atom. The molecule has 92 valence electrons. The quantitative estimate of drug-likeness (QED) is 0.780. The predicted molar refractivity (Wildman–Crippen MR) is 69.5 cm³/mol. The predicted octanol–water partition coefficient (Wildman–Crippen LogP) is 2.33. The molecular weight excluding hydrogens is 232 g/mol. The maximum atomic E-state index is 4.49. The summed E-state index contributed by atoms with van der Waals surface area (Å²) in [5.74, 6) is 0.866. The third kappa shape index (κ3) is 1.68. The highest BCUT2D eigenvalue weighted by Gasteiger charge is 2.33. The fourth-order valence-electron chi connectivity index (χ4n) is 2.48. The van der Waals surface area contributed by atoms with E-state index in [1.165, 1.54) is 10.6 Å². The second kappa shape index (κ2) is 3.53. The van der Waals surface area contributed by atoms with Crippen LogP contribution in [0.2, 0.25) is 0 Å². The monoisotopic (exact) mass is 250 g/mol. The molecule has 0 fully saturated rings. The molecule has 1 aliphatic rings. The van der Waals surface area contributed by atoms with Crippen LogP contribution in [0.5, 0.6) is 0 Å².